The summed E-state index contributed by atoms with van der Waals surface area (Å²) in [6, 6.07) is 0. The Kier molecular flexibility index (Phi) is 5.86. The number of hydrogen-bond acceptors (Lipinski definition) is 3. The highest BCUT2D eigenvalue weighted by molar-refractivity contribution is 5.79. The second kappa shape index (κ2) is 6.35. The van der Waals surface area contributed by atoms with Gasteiger partial charge in [0.15, 0.2) is 0 Å². The van der Waals surface area contributed by atoms with Crippen LogP contribution in [0, 0.1) is 0 Å². The summed E-state index contributed by atoms with van der Waals surface area (Å²) in [4.78, 5) is 4.75. The molecule has 0 saturated carbocycles. The maximum absolute atomic E-state index is 8.38. The Labute approximate surface area is 60.7 Å². The first-order valence-electron chi connectivity index (χ1n) is 3.36. The molecule has 0 aliphatic carbocycles. The lowest BCUT2D eigenvalue weighted by Gasteiger charge is -1.97. The van der Waals surface area contributed by atoms with Crippen LogP contribution in [0.1, 0.15) is 19.8 Å². The molecule has 0 bridgehead atoms. The largest absolute Gasteiger partial charge is 0.396 e. The van der Waals surface area contributed by atoms with E-state index in [1.165, 1.54) is 0 Å². The van der Waals surface area contributed by atoms with Crippen LogP contribution in [-0.2, 0) is 4.84 Å². The van der Waals surface area contributed by atoms with Crippen molar-refractivity contribution in [3.63, 3.8) is 0 Å². The summed E-state index contributed by atoms with van der Waals surface area (Å²) in [5.74, 6) is 0.343. The summed E-state index contributed by atoms with van der Waals surface area (Å²) in [6.07, 6.45) is 1.29. The van der Waals surface area contributed by atoms with E-state index < -0.39 is 0 Å². The van der Waals surface area contributed by atoms with Crippen molar-refractivity contribution in [3.05, 3.63) is 0 Å². The zero-order valence-corrected chi connectivity index (χ0v) is 6.21. The SMILES string of the molecule is CCCO/N=C(\N)CCO. The minimum Gasteiger partial charge on any atom is -0.396 e. The average Bonchev–Trinajstić information content (AvgIpc) is 1.89. The summed E-state index contributed by atoms with van der Waals surface area (Å²) in [5, 5.41) is 11.9. The number of nitrogens with two attached hydrogens (primary N) is 1. The van der Waals surface area contributed by atoms with Crippen molar-refractivity contribution in [1.82, 2.24) is 0 Å². The van der Waals surface area contributed by atoms with Gasteiger partial charge in [0.1, 0.15) is 12.4 Å². The lowest BCUT2D eigenvalue weighted by atomic mass is 10.4. The quantitative estimate of drug-likeness (QED) is 0.249. The number of amidine groups is 1. The standard InChI is InChI=1S/C6H14N2O2/c1-2-5-10-8-6(7)3-4-9/h9H,2-5H2,1H3,(H2,7,8). The number of hydrogen-bond donors (Lipinski definition) is 2. The fraction of sp³-hybridized carbons (Fsp3) is 0.833. The van der Waals surface area contributed by atoms with Gasteiger partial charge in [0, 0.05) is 6.42 Å². The third-order valence-corrected chi connectivity index (χ3v) is 0.845. The molecule has 4 heteroatoms. The molecule has 0 amide bonds. The fourth-order valence-corrected chi connectivity index (χ4v) is 0.380. The van der Waals surface area contributed by atoms with Gasteiger partial charge in [-0.3, -0.25) is 0 Å². The zero-order valence-electron chi connectivity index (χ0n) is 6.21. The van der Waals surface area contributed by atoms with Gasteiger partial charge in [-0.15, -0.1) is 0 Å². The van der Waals surface area contributed by atoms with E-state index in [0.29, 0.717) is 18.9 Å². The van der Waals surface area contributed by atoms with Gasteiger partial charge in [-0.05, 0) is 6.42 Å². The van der Waals surface area contributed by atoms with E-state index in [1.54, 1.807) is 0 Å². The number of rotatable bonds is 5. The van der Waals surface area contributed by atoms with Gasteiger partial charge in [0.2, 0.25) is 0 Å². The van der Waals surface area contributed by atoms with E-state index in [2.05, 4.69) is 5.16 Å². The summed E-state index contributed by atoms with van der Waals surface area (Å²) in [6.45, 7) is 2.58. The molecule has 4 nitrogen and oxygen atoms in total. The van der Waals surface area contributed by atoms with Gasteiger partial charge in [-0.1, -0.05) is 12.1 Å². The number of oxime groups is 1. The van der Waals surface area contributed by atoms with Crippen LogP contribution in [0.25, 0.3) is 0 Å². The van der Waals surface area contributed by atoms with Gasteiger partial charge >= 0.3 is 0 Å². The minimum absolute atomic E-state index is 0.0187. The topological polar surface area (TPSA) is 67.8 Å². The Morgan fingerprint density at radius 2 is 2.40 bits per heavy atom. The zero-order chi connectivity index (χ0) is 7.82. The first kappa shape index (κ1) is 9.23. The van der Waals surface area contributed by atoms with Gasteiger partial charge in [0.05, 0.1) is 6.61 Å². The predicted octanol–water partition coefficient (Wildman–Crippen LogP) is 0.0676. The molecule has 0 aromatic heterocycles. The molecule has 10 heavy (non-hydrogen) atoms. The van der Waals surface area contributed by atoms with E-state index in [4.69, 9.17) is 15.7 Å². The summed E-state index contributed by atoms with van der Waals surface area (Å²) < 4.78 is 0. The molecule has 0 aromatic carbocycles. The van der Waals surface area contributed by atoms with Crippen LogP contribution in [0.15, 0.2) is 5.16 Å². The van der Waals surface area contributed by atoms with Crippen LogP contribution in [0.5, 0.6) is 0 Å². The van der Waals surface area contributed by atoms with Crippen LogP contribution < -0.4 is 5.73 Å². The van der Waals surface area contributed by atoms with Crippen molar-refractivity contribution in [1.29, 1.82) is 0 Å². The van der Waals surface area contributed by atoms with Crippen LogP contribution in [0.2, 0.25) is 0 Å². The molecule has 0 aliphatic heterocycles. The molecule has 0 spiro atoms. The Morgan fingerprint density at radius 3 is 2.90 bits per heavy atom. The van der Waals surface area contributed by atoms with Crippen molar-refractivity contribution in [2.75, 3.05) is 13.2 Å². The maximum atomic E-state index is 8.38. The molecule has 0 aliphatic rings. The number of nitrogens with zero attached hydrogens (tertiary/aromatic N) is 1. The second-order valence-electron chi connectivity index (χ2n) is 1.89. The highest BCUT2D eigenvalue weighted by Gasteiger charge is 1.89. The third-order valence-electron chi connectivity index (χ3n) is 0.845. The first-order chi connectivity index (χ1) is 4.81. The van der Waals surface area contributed by atoms with Crippen molar-refractivity contribution in [2.24, 2.45) is 10.9 Å². The van der Waals surface area contributed by atoms with Gasteiger partial charge in [0.25, 0.3) is 0 Å². The van der Waals surface area contributed by atoms with Gasteiger partial charge in [-0.25, -0.2) is 0 Å². The molecule has 0 unspecified atom stereocenters. The van der Waals surface area contributed by atoms with Crippen molar-refractivity contribution < 1.29 is 9.94 Å². The second-order valence-corrected chi connectivity index (χ2v) is 1.89. The Bertz CT molecular complexity index is 104. The molecule has 0 radical (unpaired) electrons. The summed E-state index contributed by atoms with van der Waals surface area (Å²) >= 11 is 0. The fourth-order valence-electron chi connectivity index (χ4n) is 0.380. The molecule has 3 N–H and O–H groups in total. The van der Waals surface area contributed by atoms with E-state index in [0.717, 1.165) is 6.42 Å². The van der Waals surface area contributed by atoms with E-state index >= 15 is 0 Å². The monoisotopic (exact) mass is 146 g/mol. The Hall–Kier alpha value is -0.770. The highest BCUT2D eigenvalue weighted by Crippen LogP contribution is 1.83. The minimum atomic E-state index is 0.0187. The molecular formula is C6H14N2O2. The molecule has 0 atom stereocenters. The molecule has 60 valence electrons. The molecule has 0 saturated heterocycles. The number of aliphatic hydroxyl groups is 1. The predicted molar refractivity (Wildman–Crippen MR) is 39.6 cm³/mol. The van der Waals surface area contributed by atoms with Gasteiger partial charge in [-0.2, -0.15) is 0 Å². The maximum Gasteiger partial charge on any atom is 0.141 e. The van der Waals surface area contributed by atoms with E-state index in [9.17, 15) is 0 Å². The molecule has 0 rings (SSSR count). The van der Waals surface area contributed by atoms with Crippen LogP contribution in [0.4, 0.5) is 0 Å². The smallest absolute Gasteiger partial charge is 0.141 e. The van der Waals surface area contributed by atoms with Crippen molar-refractivity contribution >= 4 is 5.84 Å². The van der Waals surface area contributed by atoms with E-state index in [1.807, 2.05) is 6.92 Å². The third kappa shape index (κ3) is 5.37. The highest BCUT2D eigenvalue weighted by atomic mass is 16.6. The molecule has 0 fully saturated rings. The van der Waals surface area contributed by atoms with Crippen LogP contribution >= 0.6 is 0 Å². The lowest BCUT2D eigenvalue weighted by molar-refractivity contribution is 0.143. The summed E-state index contributed by atoms with van der Waals surface area (Å²) in [5.41, 5.74) is 5.29. The van der Waals surface area contributed by atoms with Crippen molar-refractivity contribution in [2.45, 2.75) is 19.8 Å². The molecular weight excluding hydrogens is 132 g/mol. The first-order valence-corrected chi connectivity index (χ1v) is 3.36. The van der Waals surface area contributed by atoms with Crippen molar-refractivity contribution in [3.8, 4) is 0 Å². The van der Waals surface area contributed by atoms with Crippen LogP contribution in [0.3, 0.4) is 0 Å². The van der Waals surface area contributed by atoms with Gasteiger partial charge < -0.3 is 15.7 Å². The van der Waals surface area contributed by atoms with E-state index in [-0.39, 0.29) is 6.61 Å². The number of aliphatic hydroxyl groups excluding tert-OH is 1. The summed E-state index contributed by atoms with van der Waals surface area (Å²) in [7, 11) is 0. The Morgan fingerprint density at radius 1 is 1.70 bits per heavy atom. The van der Waals surface area contributed by atoms with Crippen LogP contribution in [-0.4, -0.2) is 24.2 Å². The Balaban J connectivity index is 3.28. The molecule has 0 aromatic rings. The normalized spacial score (nSPS) is 11.6. The average molecular weight is 146 g/mol. The molecule has 0 heterocycles. The lowest BCUT2D eigenvalue weighted by Crippen LogP contribution is -2.13.